The molecule has 2 rings (SSSR count). The van der Waals surface area contributed by atoms with E-state index >= 15 is 0 Å². The summed E-state index contributed by atoms with van der Waals surface area (Å²) in [4.78, 5) is 0. The van der Waals surface area contributed by atoms with Gasteiger partial charge in [-0.2, -0.15) is 0 Å². The van der Waals surface area contributed by atoms with Gasteiger partial charge in [-0.15, -0.1) is 0 Å². The van der Waals surface area contributed by atoms with Crippen LogP contribution in [0, 0.1) is 0 Å². The molecule has 2 atom stereocenters. The molecule has 3 nitrogen and oxygen atoms in total. The van der Waals surface area contributed by atoms with E-state index in [0.717, 1.165) is 25.1 Å². The van der Waals surface area contributed by atoms with Gasteiger partial charge in [-0.3, -0.25) is 0 Å². The first-order valence-electron chi connectivity index (χ1n) is 6.37. The van der Waals surface area contributed by atoms with Gasteiger partial charge in [0.25, 0.3) is 0 Å². The van der Waals surface area contributed by atoms with Gasteiger partial charge in [0.2, 0.25) is 0 Å². The van der Waals surface area contributed by atoms with Crippen LogP contribution < -0.4 is 5.32 Å². The minimum Gasteiger partial charge on any atom is -0.396 e. The molecule has 1 aliphatic heterocycles. The highest BCUT2D eigenvalue weighted by atomic mass is 16.5. The Morgan fingerprint density at radius 1 is 1.29 bits per heavy atom. The van der Waals surface area contributed by atoms with E-state index in [2.05, 4.69) is 36.5 Å². The highest BCUT2D eigenvalue weighted by molar-refractivity contribution is 5.44. The van der Waals surface area contributed by atoms with Crippen molar-refractivity contribution < 1.29 is 9.84 Å². The van der Waals surface area contributed by atoms with Crippen LogP contribution in [0.4, 0.5) is 5.69 Å². The van der Waals surface area contributed by atoms with E-state index in [-0.39, 0.29) is 6.61 Å². The Kier molecular flexibility index (Phi) is 4.40. The average Bonchev–Trinajstić information content (AvgIpc) is 2.75. The van der Waals surface area contributed by atoms with Crippen LogP contribution in [0.1, 0.15) is 25.3 Å². The number of anilines is 1. The molecule has 1 aliphatic rings. The van der Waals surface area contributed by atoms with Crippen molar-refractivity contribution in [1.29, 1.82) is 0 Å². The zero-order valence-corrected chi connectivity index (χ0v) is 10.4. The van der Waals surface area contributed by atoms with Crippen LogP contribution in [0.15, 0.2) is 24.3 Å². The average molecular weight is 235 g/mol. The van der Waals surface area contributed by atoms with Gasteiger partial charge in [-0.05, 0) is 43.9 Å². The first kappa shape index (κ1) is 12.4. The largest absolute Gasteiger partial charge is 0.396 e. The lowest BCUT2D eigenvalue weighted by molar-refractivity contribution is 0.0637. The fourth-order valence-corrected chi connectivity index (χ4v) is 2.19. The van der Waals surface area contributed by atoms with Crippen LogP contribution in [0.3, 0.4) is 0 Å². The summed E-state index contributed by atoms with van der Waals surface area (Å²) in [6, 6.07) is 8.22. The number of ether oxygens (including phenoxy) is 1. The van der Waals surface area contributed by atoms with Gasteiger partial charge in [-0.1, -0.05) is 12.1 Å². The molecule has 2 unspecified atom stereocenters. The summed E-state index contributed by atoms with van der Waals surface area (Å²) in [5.41, 5.74) is 2.29. The highest BCUT2D eigenvalue weighted by Crippen LogP contribution is 2.19. The van der Waals surface area contributed by atoms with Gasteiger partial charge in [0, 0.05) is 18.8 Å². The summed E-state index contributed by atoms with van der Waals surface area (Å²) < 4.78 is 5.75. The predicted molar refractivity (Wildman–Crippen MR) is 69.3 cm³/mol. The second-order valence-corrected chi connectivity index (χ2v) is 4.70. The SMILES string of the molecule is CC1CCC(CNc2ccc(CCO)cc2)O1. The third-order valence-corrected chi connectivity index (χ3v) is 3.21. The maximum Gasteiger partial charge on any atom is 0.0751 e. The third-order valence-electron chi connectivity index (χ3n) is 3.21. The zero-order valence-electron chi connectivity index (χ0n) is 10.4. The first-order chi connectivity index (χ1) is 8.28. The molecular formula is C14H21NO2. The fraction of sp³-hybridized carbons (Fsp3) is 0.571. The summed E-state index contributed by atoms with van der Waals surface area (Å²) in [6.45, 7) is 3.22. The number of aliphatic hydroxyl groups is 1. The van der Waals surface area contributed by atoms with Crippen molar-refractivity contribution >= 4 is 5.69 Å². The molecule has 0 bridgehead atoms. The smallest absolute Gasteiger partial charge is 0.0751 e. The molecule has 0 radical (unpaired) electrons. The van der Waals surface area contributed by atoms with Crippen molar-refractivity contribution in [2.24, 2.45) is 0 Å². The number of aliphatic hydroxyl groups excluding tert-OH is 1. The van der Waals surface area contributed by atoms with Gasteiger partial charge in [0.1, 0.15) is 0 Å². The molecule has 1 saturated heterocycles. The van der Waals surface area contributed by atoms with Gasteiger partial charge in [0.05, 0.1) is 12.2 Å². The number of rotatable bonds is 5. The van der Waals surface area contributed by atoms with Crippen molar-refractivity contribution in [3.05, 3.63) is 29.8 Å². The second-order valence-electron chi connectivity index (χ2n) is 4.70. The van der Waals surface area contributed by atoms with Crippen LogP contribution in [0.5, 0.6) is 0 Å². The molecular weight excluding hydrogens is 214 g/mol. The molecule has 1 aromatic carbocycles. The zero-order chi connectivity index (χ0) is 12.1. The topological polar surface area (TPSA) is 41.5 Å². The van der Waals surface area contributed by atoms with Crippen LogP contribution in [0.2, 0.25) is 0 Å². The molecule has 0 aromatic heterocycles. The lowest BCUT2D eigenvalue weighted by atomic mass is 10.1. The number of nitrogens with one attached hydrogen (secondary N) is 1. The molecule has 0 aliphatic carbocycles. The number of hydrogen-bond donors (Lipinski definition) is 2. The molecule has 0 spiro atoms. The summed E-state index contributed by atoms with van der Waals surface area (Å²) in [6.07, 6.45) is 3.80. The number of benzene rings is 1. The fourth-order valence-electron chi connectivity index (χ4n) is 2.19. The van der Waals surface area contributed by atoms with Crippen molar-refractivity contribution in [2.75, 3.05) is 18.5 Å². The molecule has 0 amide bonds. The molecule has 3 heteroatoms. The molecule has 17 heavy (non-hydrogen) atoms. The van der Waals surface area contributed by atoms with Crippen molar-refractivity contribution in [3.8, 4) is 0 Å². The Labute approximate surface area is 103 Å². The van der Waals surface area contributed by atoms with Crippen molar-refractivity contribution in [1.82, 2.24) is 0 Å². The van der Waals surface area contributed by atoms with E-state index in [4.69, 9.17) is 9.84 Å². The van der Waals surface area contributed by atoms with E-state index in [0.29, 0.717) is 12.2 Å². The van der Waals surface area contributed by atoms with Crippen LogP contribution in [0.25, 0.3) is 0 Å². The maximum absolute atomic E-state index is 8.83. The Morgan fingerprint density at radius 2 is 2.06 bits per heavy atom. The van der Waals surface area contributed by atoms with E-state index in [1.54, 1.807) is 0 Å². The number of hydrogen-bond acceptors (Lipinski definition) is 3. The third kappa shape index (κ3) is 3.72. The highest BCUT2D eigenvalue weighted by Gasteiger charge is 2.20. The summed E-state index contributed by atoms with van der Waals surface area (Å²) >= 11 is 0. The molecule has 2 N–H and O–H groups in total. The van der Waals surface area contributed by atoms with E-state index in [9.17, 15) is 0 Å². The normalized spacial score (nSPS) is 23.9. The summed E-state index contributed by atoms with van der Waals surface area (Å²) in [7, 11) is 0. The summed E-state index contributed by atoms with van der Waals surface area (Å²) in [5.74, 6) is 0. The lowest BCUT2D eigenvalue weighted by Crippen LogP contribution is -2.19. The van der Waals surface area contributed by atoms with E-state index in [1.807, 2.05) is 0 Å². The molecule has 0 saturated carbocycles. The molecule has 1 heterocycles. The Morgan fingerprint density at radius 3 is 2.65 bits per heavy atom. The minimum absolute atomic E-state index is 0.209. The minimum atomic E-state index is 0.209. The Bertz CT molecular complexity index is 337. The summed E-state index contributed by atoms with van der Waals surface area (Å²) in [5, 5.41) is 12.2. The van der Waals surface area contributed by atoms with Crippen molar-refractivity contribution in [3.63, 3.8) is 0 Å². The van der Waals surface area contributed by atoms with Gasteiger partial charge in [0.15, 0.2) is 0 Å². The quantitative estimate of drug-likeness (QED) is 0.822. The predicted octanol–water partition coefficient (Wildman–Crippen LogP) is 2.20. The Hall–Kier alpha value is -1.06. The first-order valence-corrected chi connectivity index (χ1v) is 6.37. The molecule has 1 fully saturated rings. The Balaban J connectivity index is 1.78. The molecule has 94 valence electrons. The maximum atomic E-state index is 8.83. The molecule has 1 aromatic rings. The van der Waals surface area contributed by atoms with Crippen LogP contribution >= 0.6 is 0 Å². The van der Waals surface area contributed by atoms with Crippen molar-refractivity contribution in [2.45, 2.75) is 38.4 Å². The lowest BCUT2D eigenvalue weighted by Gasteiger charge is -2.13. The van der Waals surface area contributed by atoms with Crippen LogP contribution in [-0.4, -0.2) is 30.5 Å². The van der Waals surface area contributed by atoms with Gasteiger partial charge >= 0.3 is 0 Å². The van der Waals surface area contributed by atoms with E-state index < -0.39 is 0 Å². The van der Waals surface area contributed by atoms with E-state index in [1.165, 1.54) is 12.0 Å². The van der Waals surface area contributed by atoms with Crippen LogP contribution in [-0.2, 0) is 11.2 Å². The van der Waals surface area contributed by atoms with Gasteiger partial charge in [-0.25, -0.2) is 0 Å². The van der Waals surface area contributed by atoms with Gasteiger partial charge < -0.3 is 15.2 Å². The monoisotopic (exact) mass is 235 g/mol. The standard InChI is InChI=1S/C14H21NO2/c1-11-2-7-14(17-11)10-15-13-5-3-12(4-6-13)8-9-16/h3-6,11,14-16H,2,7-10H2,1H3. The second kappa shape index (κ2) is 6.03.